The van der Waals surface area contributed by atoms with Crippen molar-refractivity contribution in [2.45, 2.75) is 18.5 Å². The highest BCUT2D eigenvalue weighted by molar-refractivity contribution is 7.00. The molecule has 2 aliphatic heterocycles. The molecule has 0 saturated carbocycles. The van der Waals surface area contributed by atoms with E-state index in [-0.39, 0.29) is 0 Å². The molecule has 0 aliphatic carbocycles. The molecule has 0 radical (unpaired) electrons. The van der Waals surface area contributed by atoms with Gasteiger partial charge >= 0.3 is 0 Å². The molecule has 2 saturated heterocycles. The zero-order valence-corrected chi connectivity index (χ0v) is 12.5. The largest absolute Gasteiger partial charge is 0.350 e. The van der Waals surface area contributed by atoms with Crippen LogP contribution in [-0.2, 0) is 0 Å². The first-order valence-corrected chi connectivity index (χ1v) is 8.01. The van der Waals surface area contributed by atoms with Gasteiger partial charge in [-0.1, -0.05) is 6.07 Å². The van der Waals surface area contributed by atoms with E-state index < -0.39 is 0 Å². The minimum Gasteiger partial charge on any atom is -0.350 e. The molecule has 2 atom stereocenters. The number of anilines is 2. The Kier molecular flexibility index (Phi) is 2.54. The van der Waals surface area contributed by atoms with Crippen molar-refractivity contribution in [3.8, 4) is 0 Å². The maximum atomic E-state index is 4.48. The summed E-state index contributed by atoms with van der Waals surface area (Å²) in [7, 11) is 0. The van der Waals surface area contributed by atoms with Gasteiger partial charge in [-0.05, 0) is 18.6 Å². The van der Waals surface area contributed by atoms with E-state index in [0.717, 1.165) is 36.7 Å². The molecule has 2 fully saturated rings. The van der Waals surface area contributed by atoms with E-state index in [1.807, 2.05) is 18.3 Å². The van der Waals surface area contributed by atoms with Crippen molar-refractivity contribution < 1.29 is 0 Å². The van der Waals surface area contributed by atoms with Crippen LogP contribution in [0, 0.1) is 0 Å². The molecule has 8 heteroatoms. The first kappa shape index (κ1) is 12.2. The lowest BCUT2D eigenvalue weighted by molar-refractivity contribution is 0.636. The summed E-state index contributed by atoms with van der Waals surface area (Å²) < 4.78 is 8.57. The summed E-state index contributed by atoms with van der Waals surface area (Å²) >= 11 is 1.19. The predicted molar refractivity (Wildman–Crippen MR) is 84.1 cm³/mol. The van der Waals surface area contributed by atoms with Crippen molar-refractivity contribution >= 4 is 34.5 Å². The summed E-state index contributed by atoms with van der Waals surface area (Å²) in [4.78, 5) is 17.9. The van der Waals surface area contributed by atoms with Gasteiger partial charge in [0.25, 0.3) is 0 Å². The SMILES string of the molecule is c1ccc(N2C[C@@H]3C[C@H]2CN3c2ncnc3nsnc23)nc1. The fourth-order valence-corrected chi connectivity index (χ4v) is 4.05. The third-order valence-corrected chi connectivity index (χ3v) is 5.02. The average Bonchev–Trinajstić information content (AvgIpc) is 3.29. The molecule has 0 N–H and O–H groups in total. The Hall–Kier alpha value is -2.35. The first-order valence-electron chi connectivity index (χ1n) is 7.28. The molecule has 2 bridgehead atoms. The third-order valence-electron chi connectivity index (χ3n) is 4.50. The topological polar surface area (TPSA) is 70.9 Å². The van der Waals surface area contributed by atoms with Gasteiger partial charge in [0, 0.05) is 19.3 Å². The van der Waals surface area contributed by atoms with Crippen molar-refractivity contribution in [3.05, 3.63) is 30.7 Å². The molecule has 3 aromatic rings. The van der Waals surface area contributed by atoms with Gasteiger partial charge in [-0.15, -0.1) is 0 Å². The van der Waals surface area contributed by atoms with Crippen molar-refractivity contribution in [2.24, 2.45) is 0 Å². The second-order valence-electron chi connectivity index (χ2n) is 5.67. The lowest BCUT2D eigenvalue weighted by Gasteiger charge is -2.35. The zero-order chi connectivity index (χ0) is 14.5. The Morgan fingerprint density at radius 3 is 2.73 bits per heavy atom. The normalized spacial score (nSPS) is 23.6. The number of hydrogen-bond donors (Lipinski definition) is 0. The Morgan fingerprint density at radius 1 is 1.00 bits per heavy atom. The molecule has 5 heterocycles. The monoisotopic (exact) mass is 311 g/mol. The van der Waals surface area contributed by atoms with E-state index in [2.05, 4.69) is 39.6 Å². The van der Waals surface area contributed by atoms with Crippen LogP contribution in [0.2, 0.25) is 0 Å². The van der Waals surface area contributed by atoms with Gasteiger partial charge in [0.15, 0.2) is 17.0 Å². The smallest absolute Gasteiger partial charge is 0.198 e. The van der Waals surface area contributed by atoms with Crippen LogP contribution in [0.1, 0.15) is 6.42 Å². The summed E-state index contributed by atoms with van der Waals surface area (Å²) in [6.07, 6.45) is 4.58. The fraction of sp³-hybridized carbons (Fsp3) is 0.357. The number of pyridine rings is 1. The highest BCUT2D eigenvalue weighted by Gasteiger charge is 2.44. The quantitative estimate of drug-likeness (QED) is 0.707. The average molecular weight is 311 g/mol. The van der Waals surface area contributed by atoms with Gasteiger partial charge in [-0.3, -0.25) is 0 Å². The molecular weight excluding hydrogens is 298 g/mol. The summed E-state index contributed by atoms with van der Waals surface area (Å²) in [5, 5.41) is 0. The van der Waals surface area contributed by atoms with Gasteiger partial charge in [0.2, 0.25) is 0 Å². The Bertz CT molecular complexity index is 820. The van der Waals surface area contributed by atoms with E-state index in [0.29, 0.717) is 17.7 Å². The number of aromatic nitrogens is 5. The van der Waals surface area contributed by atoms with Crippen molar-refractivity contribution in [1.29, 1.82) is 0 Å². The molecule has 0 spiro atoms. The molecule has 7 nitrogen and oxygen atoms in total. The van der Waals surface area contributed by atoms with Crippen molar-refractivity contribution in [2.75, 3.05) is 22.9 Å². The minimum atomic E-state index is 0.451. The number of fused-ring (bicyclic) bond motifs is 3. The first-order chi connectivity index (χ1) is 10.9. The van der Waals surface area contributed by atoms with Crippen LogP contribution in [0.4, 0.5) is 11.6 Å². The molecule has 5 rings (SSSR count). The second-order valence-corrected chi connectivity index (χ2v) is 6.20. The van der Waals surface area contributed by atoms with Gasteiger partial charge in [-0.2, -0.15) is 8.75 Å². The lowest BCUT2D eigenvalue weighted by Crippen LogP contribution is -2.47. The highest BCUT2D eigenvalue weighted by atomic mass is 32.1. The third kappa shape index (κ3) is 1.70. The standard InChI is InChI=1S/C14H13N7S/c1-2-4-15-11(3-1)20-6-10-5-9(20)7-21(10)14-12-13(16-8-17-14)19-22-18-12/h1-4,8-10H,5-7H2/t9-,10-/m0/s1. The molecule has 2 aliphatic rings. The Balaban J connectivity index is 1.46. The van der Waals surface area contributed by atoms with E-state index in [9.17, 15) is 0 Å². The summed E-state index contributed by atoms with van der Waals surface area (Å²) in [6, 6.07) is 7.01. The van der Waals surface area contributed by atoms with Crippen LogP contribution in [0.5, 0.6) is 0 Å². The summed E-state index contributed by atoms with van der Waals surface area (Å²) in [5.41, 5.74) is 1.52. The second kappa shape index (κ2) is 4.57. The molecule has 0 amide bonds. The van der Waals surface area contributed by atoms with E-state index >= 15 is 0 Å². The van der Waals surface area contributed by atoms with Crippen molar-refractivity contribution in [3.63, 3.8) is 0 Å². The van der Waals surface area contributed by atoms with E-state index in [1.165, 1.54) is 11.7 Å². The fourth-order valence-electron chi connectivity index (χ4n) is 3.55. The van der Waals surface area contributed by atoms with Gasteiger partial charge in [-0.25, -0.2) is 15.0 Å². The van der Waals surface area contributed by atoms with E-state index in [1.54, 1.807) is 6.33 Å². The van der Waals surface area contributed by atoms with Crippen LogP contribution < -0.4 is 9.80 Å². The molecule has 0 aromatic carbocycles. The number of rotatable bonds is 2. The highest BCUT2D eigenvalue weighted by Crippen LogP contribution is 2.37. The van der Waals surface area contributed by atoms with Crippen LogP contribution in [-0.4, -0.2) is 48.9 Å². The number of hydrogen-bond acceptors (Lipinski definition) is 8. The number of nitrogens with zero attached hydrogens (tertiary/aromatic N) is 7. The summed E-state index contributed by atoms with van der Waals surface area (Å²) in [5.74, 6) is 1.99. The molecule has 0 unspecified atom stereocenters. The minimum absolute atomic E-state index is 0.451. The molecule has 22 heavy (non-hydrogen) atoms. The molecular formula is C14H13N7S. The van der Waals surface area contributed by atoms with Crippen molar-refractivity contribution in [1.82, 2.24) is 23.7 Å². The van der Waals surface area contributed by atoms with Gasteiger partial charge in [0.1, 0.15) is 12.1 Å². The van der Waals surface area contributed by atoms with Crippen LogP contribution in [0.25, 0.3) is 11.2 Å². The van der Waals surface area contributed by atoms with Crippen LogP contribution in [0.3, 0.4) is 0 Å². The molecule has 110 valence electrons. The zero-order valence-electron chi connectivity index (χ0n) is 11.7. The van der Waals surface area contributed by atoms with E-state index in [4.69, 9.17) is 0 Å². The Morgan fingerprint density at radius 2 is 1.91 bits per heavy atom. The lowest BCUT2D eigenvalue weighted by atomic mass is 10.2. The maximum absolute atomic E-state index is 4.48. The number of piperazine rings is 1. The molecule has 3 aromatic heterocycles. The Labute approximate surface area is 131 Å². The summed E-state index contributed by atoms with van der Waals surface area (Å²) in [6.45, 7) is 1.93. The van der Waals surface area contributed by atoms with Crippen LogP contribution >= 0.6 is 11.7 Å². The predicted octanol–water partition coefficient (Wildman–Crippen LogP) is 1.34. The van der Waals surface area contributed by atoms with Crippen LogP contribution in [0.15, 0.2) is 30.7 Å². The van der Waals surface area contributed by atoms with Gasteiger partial charge in [0.05, 0.1) is 23.8 Å². The maximum Gasteiger partial charge on any atom is 0.198 e. The van der Waals surface area contributed by atoms with Gasteiger partial charge < -0.3 is 9.80 Å².